The first kappa shape index (κ1) is 21.0. The van der Waals surface area contributed by atoms with Crippen LogP contribution in [-0.4, -0.2) is 32.7 Å². The summed E-state index contributed by atoms with van der Waals surface area (Å²) < 4.78 is 5.19. The number of hydrogen-bond donors (Lipinski definition) is 1. The van der Waals surface area contributed by atoms with E-state index in [2.05, 4.69) is 29.1 Å². The molecule has 1 aliphatic rings. The Hall–Kier alpha value is -2.74. The van der Waals surface area contributed by atoms with Crippen molar-refractivity contribution in [3.8, 4) is 0 Å². The van der Waals surface area contributed by atoms with Crippen LogP contribution in [0.25, 0.3) is 17.1 Å². The van der Waals surface area contributed by atoms with E-state index >= 15 is 0 Å². The molecule has 0 aromatic carbocycles. The summed E-state index contributed by atoms with van der Waals surface area (Å²) in [5.74, 6) is 0.0720. The standard InChI is InChI=1S/C21H24N4O3S/c1-12(2)10-13-8-9-22-15-7-6-14(23-17(13)15)11-16-18(26)24-19(29-16)25-20(27)28-21(3,4)5/h6-9,11-12H,10H2,1-5H3,(H,24,25,26,27)/b16-11-. The lowest BCUT2D eigenvalue weighted by molar-refractivity contribution is -0.113. The molecule has 2 aromatic heterocycles. The molecule has 0 spiro atoms. The maximum absolute atomic E-state index is 12.2. The van der Waals surface area contributed by atoms with Gasteiger partial charge in [0.15, 0.2) is 5.17 Å². The zero-order valence-corrected chi connectivity index (χ0v) is 18.0. The molecule has 0 aliphatic carbocycles. The minimum atomic E-state index is -0.647. The van der Waals surface area contributed by atoms with Gasteiger partial charge in [-0.15, -0.1) is 0 Å². The highest BCUT2D eigenvalue weighted by Gasteiger charge is 2.25. The minimum absolute atomic E-state index is 0.193. The molecular formula is C21H24N4O3S. The number of hydrogen-bond acceptors (Lipinski definition) is 6. The van der Waals surface area contributed by atoms with E-state index < -0.39 is 17.6 Å². The molecule has 0 atom stereocenters. The summed E-state index contributed by atoms with van der Waals surface area (Å²) >= 11 is 1.08. The number of fused-ring (bicyclic) bond motifs is 1. The number of carbonyl (C=O) groups excluding carboxylic acids is 2. The summed E-state index contributed by atoms with van der Waals surface area (Å²) in [6, 6.07) is 5.69. The molecule has 2 amide bonds. The SMILES string of the molecule is CC(C)Cc1ccnc2ccc(/C=C3\SC(NC(=O)OC(C)(C)C)=NC3=O)nc12. The topological polar surface area (TPSA) is 93.5 Å². The average molecular weight is 413 g/mol. The Morgan fingerprint density at radius 3 is 2.72 bits per heavy atom. The Bertz CT molecular complexity index is 1020. The number of rotatable bonds is 3. The number of ether oxygens (including phenoxy) is 1. The van der Waals surface area contributed by atoms with Crippen molar-refractivity contribution in [1.82, 2.24) is 15.3 Å². The number of pyridine rings is 2. The lowest BCUT2D eigenvalue weighted by atomic mass is 10.0. The van der Waals surface area contributed by atoms with Crippen LogP contribution in [0.15, 0.2) is 34.3 Å². The molecule has 3 rings (SSSR count). The zero-order chi connectivity index (χ0) is 21.2. The van der Waals surface area contributed by atoms with Gasteiger partial charge in [-0.05, 0) is 74.7 Å². The molecule has 29 heavy (non-hydrogen) atoms. The van der Waals surface area contributed by atoms with Crippen LogP contribution in [-0.2, 0) is 16.0 Å². The van der Waals surface area contributed by atoms with Crippen LogP contribution < -0.4 is 5.32 Å². The molecule has 1 aliphatic heterocycles. The number of carbonyl (C=O) groups is 2. The van der Waals surface area contributed by atoms with Crippen molar-refractivity contribution in [1.29, 1.82) is 0 Å². The highest BCUT2D eigenvalue weighted by atomic mass is 32.2. The van der Waals surface area contributed by atoms with Crippen LogP contribution >= 0.6 is 11.8 Å². The first-order valence-electron chi connectivity index (χ1n) is 9.38. The summed E-state index contributed by atoms with van der Waals surface area (Å²) in [6.45, 7) is 9.60. The summed E-state index contributed by atoms with van der Waals surface area (Å²) in [5, 5.41) is 2.69. The molecule has 0 radical (unpaired) electrons. The van der Waals surface area contributed by atoms with Crippen LogP contribution in [0.4, 0.5) is 4.79 Å². The Morgan fingerprint density at radius 1 is 1.28 bits per heavy atom. The number of nitrogens with one attached hydrogen (secondary N) is 1. The number of aliphatic imine (C=N–C) groups is 1. The predicted molar refractivity (Wildman–Crippen MR) is 115 cm³/mol. The molecule has 152 valence electrons. The second-order valence-electron chi connectivity index (χ2n) is 8.13. The average Bonchev–Trinajstić information content (AvgIpc) is 2.92. The molecule has 0 unspecified atom stereocenters. The number of aromatic nitrogens is 2. The van der Waals surface area contributed by atoms with Crippen LogP contribution in [0.5, 0.6) is 0 Å². The van der Waals surface area contributed by atoms with Gasteiger partial charge < -0.3 is 4.74 Å². The highest BCUT2D eigenvalue weighted by molar-refractivity contribution is 8.18. The fourth-order valence-corrected chi connectivity index (χ4v) is 3.55. The number of alkyl carbamates (subject to hydrolysis) is 1. The first-order chi connectivity index (χ1) is 13.6. The third-order valence-electron chi connectivity index (χ3n) is 3.82. The van der Waals surface area contributed by atoms with Gasteiger partial charge in [-0.1, -0.05) is 13.8 Å². The molecule has 3 heterocycles. The molecule has 8 heteroatoms. The van der Waals surface area contributed by atoms with Crippen LogP contribution in [0.1, 0.15) is 45.9 Å². The molecule has 0 fully saturated rings. The van der Waals surface area contributed by atoms with Crippen molar-refractivity contribution >= 4 is 46.0 Å². The maximum atomic E-state index is 12.2. The summed E-state index contributed by atoms with van der Waals surface area (Å²) in [6.07, 6.45) is 3.71. The van der Waals surface area contributed by atoms with E-state index in [0.29, 0.717) is 16.5 Å². The van der Waals surface area contributed by atoms with Crippen molar-refractivity contribution in [2.45, 2.75) is 46.6 Å². The minimum Gasteiger partial charge on any atom is -0.444 e. The smallest absolute Gasteiger partial charge is 0.413 e. The molecule has 2 aromatic rings. The Balaban J connectivity index is 1.79. The number of amides is 2. The van der Waals surface area contributed by atoms with Gasteiger partial charge in [-0.25, -0.2) is 9.78 Å². The van der Waals surface area contributed by atoms with E-state index in [1.807, 2.05) is 18.2 Å². The normalized spacial score (nSPS) is 15.9. The second kappa shape index (κ2) is 8.32. The van der Waals surface area contributed by atoms with Crippen LogP contribution in [0.2, 0.25) is 0 Å². The fraction of sp³-hybridized carbons (Fsp3) is 0.381. The molecule has 1 N–H and O–H groups in total. The van der Waals surface area contributed by atoms with Gasteiger partial charge in [-0.2, -0.15) is 4.99 Å². The van der Waals surface area contributed by atoms with Gasteiger partial charge in [0.2, 0.25) is 0 Å². The third-order valence-corrected chi connectivity index (χ3v) is 4.72. The van der Waals surface area contributed by atoms with Gasteiger partial charge >= 0.3 is 6.09 Å². The van der Waals surface area contributed by atoms with Crippen molar-refractivity contribution in [2.24, 2.45) is 10.9 Å². The summed E-state index contributed by atoms with van der Waals surface area (Å²) in [5.41, 5.74) is 2.78. The lowest BCUT2D eigenvalue weighted by Gasteiger charge is -2.19. The van der Waals surface area contributed by atoms with Crippen molar-refractivity contribution in [3.63, 3.8) is 0 Å². The van der Waals surface area contributed by atoms with Gasteiger partial charge in [0.25, 0.3) is 5.91 Å². The third kappa shape index (κ3) is 5.63. The van der Waals surface area contributed by atoms with Crippen LogP contribution in [0.3, 0.4) is 0 Å². The summed E-state index contributed by atoms with van der Waals surface area (Å²) in [4.78, 5) is 37.4. The molecule has 0 saturated heterocycles. The number of amidine groups is 1. The van der Waals surface area contributed by atoms with E-state index in [9.17, 15) is 9.59 Å². The molecule has 0 bridgehead atoms. The Labute approximate surface area is 174 Å². The summed E-state index contributed by atoms with van der Waals surface area (Å²) in [7, 11) is 0. The van der Waals surface area contributed by atoms with E-state index in [4.69, 9.17) is 9.72 Å². The quantitative estimate of drug-likeness (QED) is 0.755. The fourth-order valence-electron chi connectivity index (χ4n) is 2.77. The molecule has 7 nitrogen and oxygen atoms in total. The Kier molecular flexibility index (Phi) is 6.02. The second-order valence-corrected chi connectivity index (χ2v) is 9.16. The monoisotopic (exact) mass is 412 g/mol. The highest BCUT2D eigenvalue weighted by Crippen LogP contribution is 2.28. The zero-order valence-electron chi connectivity index (χ0n) is 17.1. The van der Waals surface area contributed by atoms with Crippen molar-refractivity contribution in [3.05, 3.63) is 40.6 Å². The van der Waals surface area contributed by atoms with Crippen LogP contribution in [0, 0.1) is 5.92 Å². The van der Waals surface area contributed by atoms with Crippen molar-refractivity contribution in [2.75, 3.05) is 0 Å². The first-order valence-corrected chi connectivity index (χ1v) is 10.2. The van der Waals surface area contributed by atoms with E-state index in [1.165, 1.54) is 0 Å². The largest absolute Gasteiger partial charge is 0.444 e. The predicted octanol–water partition coefficient (Wildman–Crippen LogP) is 4.32. The molecule has 0 saturated carbocycles. The van der Waals surface area contributed by atoms with E-state index in [-0.39, 0.29) is 5.17 Å². The number of thioether (sulfide) groups is 1. The van der Waals surface area contributed by atoms with E-state index in [0.717, 1.165) is 34.8 Å². The maximum Gasteiger partial charge on any atom is 0.413 e. The number of nitrogens with zero attached hydrogens (tertiary/aromatic N) is 3. The van der Waals surface area contributed by atoms with Gasteiger partial charge in [0, 0.05) is 6.20 Å². The molecular weight excluding hydrogens is 388 g/mol. The van der Waals surface area contributed by atoms with Crippen molar-refractivity contribution < 1.29 is 14.3 Å². The van der Waals surface area contributed by atoms with Gasteiger partial charge in [0.1, 0.15) is 5.60 Å². The Morgan fingerprint density at radius 2 is 2.03 bits per heavy atom. The van der Waals surface area contributed by atoms with Gasteiger partial charge in [0.05, 0.1) is 21.6 Å². The van der Waals surface area contributed by atoms with E-state index in [1.54, 1.807) is 33.0 Å². The van der Waals surface area contributed by atoms with Gasteiger partial charge in [-0.3, -0.25) is 15.1 Å². The lowest BCUT2D eigenvalue weighted by Crippen LogP contribution is -2.34.